The number of benzene rings is 1. The third-order valence-corrected chi connectivity index (χ3v) is 10.9. The van der Waals surface area contributed by atoms with Gasteiger partial charge in [-0.05, 0) is 104 Å². The van der Waals surface area contributed by atoms with E-state index in [4.69, 9.17) is 19.1 Å². The van der Waals surface area contributed by atoms with E-state index in [1.54, 1.807) is 0 Å². The number of ether oxygens (including phenoxy) is 1. The van der Waals surface area contributed by atoms with Crippen molar-refractivity contribution in [2.75, 3.05) is 26.1 Å². The average Bonchev–Trinajstić information content (AvgIpc) is 3.74. The number of furan rings is 1. The summed E-state index contributed by atoms with van der Waals surface area (Å²) in [6.45, 7) is 0. The van der Waals surface area contributed by atoms with Crippen LogP contribution in [-0.4, -0.2) is 43.2 Å². The lowest BCUT2D eigenvalue weighted by Crippen LogP contribution is -2.19. The number of esters is 1. The molecule has 1 N–H and O–H groups in total. The molecule has 2 saturated carbocycles. The lowest BCUT2D eigenvalue weighted by Gasteiger charge is -2.29. The maximum atomic E-state index is 12.0. The Labute approximate surface area is 251 Å². The van der Waals surface area contributed by atoms with E-state index < -0.39 is 0 Å². The fourth-order valence-electron chi connectivity index (χ4n) is 7.42. The molecule has 1 saturated heterocycles. The molecule has 1 aromatic carbocycles. The van der Waals surface area contributed by atoms with Crippen molar-refractivity contribution >= 4 is 34.0 Å². The van der Waals surface area contributed by atoms with Crippen molar-refractivity contribution in [3.05, 3.63) is 64.3 Å². The van der Waals surface area contributed by atoms with Crippen molar-refractivity contribution in [3.8, 4) is 11.3 Å². The molecule has 7 rings (SSSR count). The van der Waals surface area contributed by atoms with Gasteiger partial charge in [-0.3, -0.25) is 0 Å². The van der Waals surface area contributed by atoms with Gasteiger partial charge in [0.05, 0.1) is 18.7 Å². The van der Waals surface area contributed by atoms with Crippen LogP contribution in [0.4, 0.5) is 5.82 Å². The van der Waals surface area contributed by atoms with E-state index >= 15 is 0 Å². The van der Waals surface area contributed by atoms with Crippen LogP contribution in [0, 0.1) is 17.3 Å². The molecule has 220 valence electrons. The molecule has 0 bridgehead atoms. The minimum atomic E-state index is -0.308. The highest BCUT2D eigenvalue weighted by atomic mass is 32.1. The van der Waals surface area contributed by atoms with Crippen molar-refractivity contribution in [1.29, 1.82) is 0 Å². The summed E-state index contributed by atoms with van der Waals surface area (Å²) in [5.74, 6) is 5.08. The van der Waals surface area contributed by atoms with Gasteiger partial charge in [0.2, 0.25) is 0 Å². The summed E-state index contributed by atoms with van der Waals surface area (Å²) in [5, 5.41) is 6.72. The Morgan fingerprint density at radius 1 is 1.14 bits per heavy atom. The van der Waals surface area contributed by atoms with Gasteiger partial charge in [-0.1, -0.05) is 12.1 Å². The Morgan fingerprint density at radius 2 is 1.98 bits per heavy atom. The molecule has 4 aromatic rings. The normalized spacial score (nSPS) is 26.5. The van der Waals surface area contributed by atoms with Crippen molar-refractivity contribution in [3.63, 3.8) is 0 Å². The molecule has 2 unspecified atom stereocenters. The molecule has 7 nitrogen and oxygen atoms in total. The van der Waals surface area contributed by atoms with Gasteiger partial charge in [0.1, 0.15) is 28.0 Å². The van der Waals surface area contributed by atoms with Gasteiger partial charge in [-0.2, -0.15) is 0 Å². The Kier molecular flexibility index (Phi) is 7.31. The molecular formula is C34H40N4O3S. The smallest absolute Gasteiger partial charge is 0.348 e. The third-order valence-electron chi connectivity index (χ3n) is 9.98. The second-order valence-corrected chi connectivity index (χ2v) is 13.7. The summed E-state index contributed by atoms with van der Waals surface area (Å²) in [6, 6.07) is 15.1. The predicted octanol–water partition coefficient (Wildman–Crippen LogP) is 7.43. The molecule has 3 atom stereocenters. The molecule has 3 fully saturated rings. The van der Waals surface area contributed by atoms with Gasteiger partial charge in [-0.15, -0.1) is 11.3 Å². The minimum Gasteiger partial charge on any atom is -0.465 e. The van der Waals surface area contributed by atoms with Gasteiger partial charge in [-0.25, -0.2) is 14.8 Å². The van der Waals surface area contributed by atoms with Crippen molar-refractivity contribution in [2.45, 2.75) is 69.9 Å². The number of hydrogen-bond donors (Lipinski definition) is 1. The number of carbonyl (C=O) groups is 1. The highest BCUT2D eigenvalue weighted by Gasteiger charge is 2.54. The number of nitrogens with zero attached hydrogens (tertiary/aromatic N) is 3. The third kappa shape index (κ3) is 5.35. The van der Waals surface area contributed by atoms with Gasteiger partial charge in [0, 0.05) is 37.5 Å². The first kappa shape index (κ1) is 27.6. The van der Waals surface area contributed by atoms with E-state index in [2.05, 4.69) is 54.6 Å². The van der Waals surface area contributed by atoms with Crippen molar-refractivity contribution < 1.29 is 13.9 Å². The van der Waals surface area contributed by atoms with E-state index in [-0.39, 0.29) is 12.0 Å². The van der Waals surface area contributed by atoms with Crippen LogP contribution in [0.5, 0.6) is 0 Å². The zero-order chi connectivity index (χ0) is 28.8. The molecular weight excluding hydrogens is 544 g/mol. The number of aromatic nitrogens is 2. The van der Waals surface area contributed by atoms with Crippen LogP contribution < -0.4 is 10.2 Å². The highest BCUT2D eigenvalue weighted by Crippen LogP contribution is 2.64. The zero-order valence-electron chi connectivity index (χ0n) is 24.8. The molecule has 2 aliphatic carbocycles. The van der Waals surface area contributed by atoms with Crippen LogP contribution in [0.1, 0.15) is 78.7 Å². The summed E-state index contributed by atoms with van der Waals surface area (Å²) >= 11 is 1.39. The number of methoxy groups -OCH3 is 1. The molecule has 0 radical (unpaired) electrons. The molecule has 3 aromatic heterocycles. The zero-order valence-corrected chi connectivity index (χ0v) is 25.6. The van der Waals surface area contributed by atoms with Crippen LogP contribution in [0.2, 0.25) is 0 Å². The van der Waals surface area contributed by atoms with Crippen molar-refractivity contribution in [2.24, 2.45) is 17.3 Å². The van der Waals surface area contributed by atoms with Gasteiger partial charge >= 0.3 is 5.97 Å². The number of thiophene rings is 1. The highest BCUT2D eigenvalue weighted by molar-refractivity contribution is 7.12. The average molecular weight is 585 g/mol. The van der Waals surface area contributed by atoms with E-state index in [0.717, 1.165) is 64.3 Å². The number of anilines is 1. The van der Waals surface area contributed by atoms with Gasteiger partial charge in [0.25, 0.3) is 0 Å². The Morgan fingerprint density at radius 3 is 2.79 bits per heavy atom. The molecule has 42 heavy (non-hydrogen) atoms. The lowest BCUT2D eigenvalue weighted by atomic mass is 9.76. The number of rotatable bonds is 10. The van der Waals surface area contributed by atoms with Gasteiger partial charge < -0.3 is 19.4 Å². The first-order chi connectivity index (χ1) is 20.4. The van der Waals surface area contributed by atoms with E-state index in [9.17, 15) is 4.79 Å². The first-order valence-corrected chi connectivity index (χ1v) is 16.3. The predicted molar refractivity (Wildman–Crippen MR) is 167 cm³/mol. The number of carbonyl (C=O) groups excluding carboxylic acids is 1. The van der Waals surface area contributed by atoms with Crippen LogP contribution in [0.15, 0.2) is 52.3 Å². The van der Waals surface area contributed by atoms with Crippen LogP contribution in [-0.2, 0) is 11.2 Å². The maximum Gasteiger partial charge on any atom is 0.348 e. The molecule has 4 heterocycles. The van der Waals surface area contributed by atoms with Crippen molar-refractivity contribution in [1.82, 2.24) is 15.3 Å². The summed E-state index contributed by atoms with van der Waals surface area (Å²) in [6.07, 6.45) is 11.5. The summed E-state index contributed by atoms with van der Waals surface area (Å²) in [7, 11) is 5.53. The first-order valence-electron chi connectivity index (χ1n) is 15.4. The number of aryl methyl sites for hydroxylation is 1. The molecule has 0 amide bonds. The molecule has 3 aliphatic rings. The Hall–Kier alpha value is -3.23. The summed E-state index contributed by atoms with van der Waals surface area (Å²) in [5.41, 5.74) is 2.46. The maximum absolute atomic E-state index is 12.0. The second-order valence-electron chi connectivity index (χ2n) is 12.8. The van der Waals surface area contributed by atoms with E-state index in [0.29, 0.717) is 16.3 Å². The molecule has 1 spiro atoms. The second kappa shape index (κ2) is 11.1. The number of hydrogen-bond acceptors (Lipinski definition) is 8. The summed E-state index contributed by atoms with van der Waals surface area (Å²) in [4.78, 5) is 24.6. The quantitative estimate of drug-likeness (QED) is 0.153. The summed E-state index contributed by atoms with van der Waals surface area (Å²) < 4.78 is 11.0. The van der Waals surface area contributed by atoms with Crippen LogP contribution in [0.25, 0.3) is 22.2 Å². The van der Waals surface area contributed by atoms with E-state index in [1.807, 2.05) is 17.5 Å². The van der Waals surface area contributed by atoms with Gasteiger partial charge in [0.15, 0.2) is 0 Å². The van der Waals surface area contributed by atoms with Crippen LogP contribution >= 0.6 is 11.3 Å². The standard InChI is InChI=1S/C34H40N4O3S/c1-38(2)32-24-9-4-5-10-26(24)36-31(37-32)29-27(35-29)19-21-13-16-34(17-14-21)20-22(34)7-6-8-23-11-12-28(41-23)25-15-18-42-30(25)33(39)40-3/h4-5,9-12,15,18,21-22,27,29,35H,6-8,13-14,16-17,19-20H2,1-3H3/t21?,22-,27?,29?,34?/m0/s1. The number of nitrogens with one attached hydrogen (secondary N) is 1. The number of para-hydroxylation sites is 1. The fourth-order valence-corrected chi connectivity index (χ4v) is 8.24. The number of fused-ring (bicyclic) bond motifs is 1. The molecule has 1 aliphatic heterocycles. The van der Waals surface area contributed by atoms with Crippen LogP contribution in [0.3, 0.4) is 0 Å². The lowest BCUT2D eigenvalue weighted by molar-refractivity contribution is 0.0607. The van der Waals surface area contributed by atoms with E-state index in [1.165, 1.54) is 63.4 Å². The SMILES string of the molecule is COC(=O)c1sccc1-c1ccc(CCC[C@H]2CC23CCC(CC2NC2c2nc(N(C)C)c4ccccc4n2)CC3)o1. The minimum absolute atomic E-state index is 0.284. The Bertz CT molecular complexity index is 1580. The largest absolute Gasteiger partial charge is 0.465 e. The monoisotopic (exact) mass is 584 g/mol. The molecule has 8 heteroatoms. The fraction of sp³-hybridized carbons (Fsp3) is 0.500. The Balaban J connectivity index is 0.869. The topological polar surface area (TPSA) is 90.4 Å².